The molecule has 0 spiro atoms. The number of carbonyl (C=O) groups excluding carboxylic acids is 1. The van der Waals surface area contributed by atoms with Gasteiger partial charge in [0.15, 0.2) is 6.10 Å². The quantitative estimate of drug-likeness (QED) is 0.540. The summed E-state index contributed by atoms with van der Waals surface area (Å²) in [6, 6.07) is 0. The molecule has 2 aliphatic rings. The van der Waals surface area contributed by atoms with E-state index < -0.39 is 36.9 Å². The van der Waals surface area contributed by atoms with Gasteiger partial charge in [-0.15, -0.1) is 0 Å². The van der Waals surface area contributed by atoms with Crippen LogP contribution in [0.4, 0.5) is 5.95 Å². The van der Waals surface area contributed by atoms with Gasteiger partial charge in [-0.05, 0) is 46.5 Å². The summed E-state index contributed by atoms with van der Waals surface area (Å²) < 4.78 is 12.1. The molecule has 3 N–H and O–H groups in total. The third-order valence-electron chi connectivity index (χ3n) is 6.12. The third kappa shape index (κ3) is 4.88. The predicted molar refractivity (Wildman–Crippen MR) is 109 cm³/mol. The lowest BCUT2D eigenvalue weighted by Gasteiger charge is -2.32. The summed E-state index contributed by atoms with van der Waals surface area (Å²) in [5.74, 6) is 0.463. The first-order valence-corrected chi connectivity index (χ1v) is 10.1. The van der Waals surface area contributed by atoms with Crippen molar-refractivity contribution >= 4 is 24.4 Å². The number of hydrogen-bond acceptors (Lipinski definition) is 8. The van der Waals surface area contributed by atoms with Crippen molar-refractivity contribution in [3.8, 4) is 0 Å². The fraction of sp³-hybridized carbons (Fsp3) is 0.737. The van der Waals surface area contributed by atoms with Gasteiger partial charge in [-0.1, -0.05) is 0 Å². The zero-order valence-electron chi connectivity index (χ0n) is 17.6. The Balaban J connectivity index is 1.50. The molecule has 1 aromatic heterocycles. The molecule has 1 atom stereocenters. The molecule has 0 saturated carbocycles. The number of anilines is 1. The number of nitrogens with one attached hydrogen (secondary N) is 1. The summed E-state index contributed by atoms with van der Waals surface area (Å²) in [6.07, 6.45) is 3.93. The Bertz CT molecular complexity index is 691. The third-order valence-corrected chi connectivity index (χ3v) is 6.12. The van der Waals surface area contributed by atoms with Crippen LogP contribution in [0.3, 0.4) is 0 Å². The Morgan fingerprint density at radius 3 is 2.31 bits per heavy atom. The summed E-state index contributed by atoms with van der Waals surface area (Å²) in [6.45, 7) is 9.56. The Morgan fingerprint density at radius 1 is 1.24 bits per heavy atom. The second-order valence-corrected chi connectivity index (χ2v) is 8.78. The van der Waals surface area contributed by atoms with E-state index in [1.54, 1.807) is 12.4 Å². The number of rotatable bonds is 6. The van der Waals surface area contributed by atoms with Crippen molar-refractivity contribution in [2.24, 2.45) is 5.92 Å². The van der Waals surface area contributed by atoms with E-state index in [0.29, 0.717) is 18.4 Å². The summed E-state index contributed by atoms with van der Waals surface area (Å²) in [5, 5.41) is 20.8. The van der Waals surface area contributed by atoms with Crippen LogP contribution in [0.25, 0.3) is 0 Å². The standard InChI is InChI=1S/C19H31BN4O5/c1-18(2)19(3,4)29-20(28-18)14-10-22-17(23-11-14)24-7-5-13(6-8-24)9-21-16(27)15(26)12-25/h10-11,13,15,25-26H,5-9,12H2,1-4H3,(H,21,27)/t15-/m1/s1. The molecule has 3 rings (SSSR count). The molecule has 10 heteroatoms. The first kappa shape index (κ1) is 22.0. The molecule has 0 radical (unpaired) electrons. The van der Waals surface area contributed by atoms with Crippen molar-refractivity contribution in [1.82, 2.24) is 15.3 Å². The van der Waals surface area contributed by atoms with Crippen LogP contribution in [0.15, 0.2) is 12.4 Å². The molecule has 2 saturated heterocycles. The van der Waals surface area contributed by atoms with Crippen LogP contribution in [0.1, 0.15) is 40.5 Å². The second-order valence-electron chi connectivity index (χ2n) is 8.78. The average Bonchev–Trinajstić information content (AvgIpc) is 2.93. The van der Waals surface area contributed by atoms with Crippen LogP contribution >= 0.6 is 0 Å². The molecule has 1 amide bonds. The van der Waals surface area contributed by atoms with Crippen LogP contribution in [0.2, 0.25) is 0 Å². The molecule has 3 heterocycles. The van der Waals surface area contributed by atoms with Crippen molar-refractivity contribution in [1.29, 1.82) is 0 Å². The predicted octanol–water partition coefficient (Wildman–Crippen LogP) is -0.538. The molecule has 0 unspecified atom stereocenters. The molecule has 9 nitrogen and oxygen atoms in total. The average molecular weight is 406 g/mol. The normalized spacial score (nSPS) is 22.6. The number of aliphatic hydroxyl groups is 2. The molecular weight excluding hydrogens is 375 g/mol. The maximum atomic E-state index is 11.6. The van der Waals surface area contributed by atoms with E-state index in [1.807, 2.05) is 27.7 Å². The van der Waals surface area contributed by atoms with Gasteiger partial charge >= 0.3 is 7.12 Å². The highest BCUT2D eigenvalue weighted by Gasteiger charge is 2.52. The van der Waals surface area contributed by atoms with Gasteiger partial charge in [-0.2, -0.15) is 0 Å². The van der Waals surface area contributed by atoms with Crippen molar-refractivity contribution in [2.45, 2.75) is 57.8 Å². The number of nitrogens with zero attached hydrogens (tertiary/aromatic N) is 3. The summed E-state index contributed by atoms with van der Waals surface area (Å²) in [4.78, 5) is 22.7. The van der Waals surface area contributed by atoms with Crippen LogP contribution in [0, 0.1) is 5.92 Å². The molecule has 2 fully saturated rings. The molecule has 0 bridgehead atoms. The zero-order valence-corrected chi connectivity index (χ0v) is 17.6. The Morgan fingerprint density at radius 2 is 1.79 bits per heavy atom. The lowest BCUT2D eigenvalue weighted by Crippen LogP contribution is -2.43. The maximum absolute atomic E-state index is 11.6. The molecule has 1 aromatic rings. The monoisotopic (exact) mass is 406 g/mol. The van der Waals surface area contributed by atoms with Crippen molar-refractivity contribution in [3.05, 3.63) is 12.4 Å². The van der Waals surface area contributed by atoms with Crippen LogP contribution in [0.5, 0.6) is 0 Å². The number of hydrogen-bond donors (Lipinski definition) is 3. The number of carbonyl (C=O) groups is 1. The van der Waals surface area contributed by atoms with Crippen molar-refractivity contribution in [2.75, 3.05) is 31.1 Å². The van der Waals surface area contributed by atoms with Crippen molar-refractivity contribution in [3.63, 3.8) is 0 Å². The highest BCUT2D eigenvalue weighted by molar-refractivity contribution is 6.61. The summed E-state index contributed by atoms with van der Waals surface area (Å²) >= 11 is 0. The van der Waals surface area contributed by atoms with Gasteiger partial charge in [-0.25, -0.2) is 9.97 Å². The van der Waals surface area contributed by atoms with Gasteiger partial charge < -0.3 is 29.7 Å². The van der Waals surface area contributed by atoms with E-state index in [-0.39, 0.29) is 0 Å². The minimum absolute atomic E-state index is 0.324. The van der Waals surface area contributed by atoms with Crippen molar-refractivity contribution < 1.29 is 24.3 Å². The number of piperidine rings is 1. The molecule has 160 valence electrons. The molecule has 0 aliphatic carbocycles. The van der Waals surface area contributed by atoms with E-state index in [9.17, 15) is 9.90 Å². The minimum Gasteiger partial charge on any atom is -0.399 e. The molecule has 29 heavy (non-hydrogen) atoms. The topological polar surface area (TPSA) is 117 Å². The lowest BCUT2D eigenvalue weighted by atomic mass is 9.81. The maximum Gasteiger partial charge on any atom is 0.498 e. The van der Waals surface area contributed by atoms with Gasteiger partial charge in [0.1, 0.15) is 0 Å². The highest BCUT2D eigenvalue weighted by atomic mass is 16.7. The molecule has 0 aromatic carbocycles. The number of aliphatic hydroxyl groups excluding tert-OH is 2. The largest absolute Gasteiger partial charge is 0.498 e. The summed E-state index contributed by atoms with van der Waals surface area (Å²) in [7, 11) is -0.474. The Kier molecular flexibility index (Phi) is 6.47. The molecular formula is C19H31BN4O5. The first-order chi connectivity index (χ1) is 13.6. The van der Waals surface area contributed by atoms with E-state index in [4.69, 9.17) is 14.4 Å². The lowest BCUT2D eigenvalue weighted by molar-refractivity contribution is -0.131. The number of amides is 1. The Labute approximate surface area is 172 Å². The minimum atomic E-state index is -1.36. The fourth-order valence-electron chi connectivity index (χ4n) is 3.38. The van der Waals surface area contributed by atoms with Crippen LogP contribution < -0.4 is 15.7 Å². The zero-order chi connectivity index (χ0) is 21.2. The van der Waals surface area contributed by atoms with E-state index in [0.717, 1.165) is 31.4 Å². The molecule has 2 aliphatic heterocycles. The smallest absolute Gasteiger partial charge is 0.399 e. The van der Waals surface area contributed by atoms with E-state index >= 15 is 0 Å². The van der Waals surface area contributed by atoms with Gasteiger partial charge in [0.05, 0.1) is 17.8 Å². The van der Waals surface area contributed by atoms with Gasteiger partial charge in [0, 0.05) is 37.5 Å². The number of aromatic nitrogens is 2. The summed E-state index contributed by atoms with van der Waals surface area (Å²) in [5.41, 5.74) is -0.00530. The SMILES string of the molecule is CC1(C)OB(c2cnc(N3CCC(CNC(=O)[C@H](O)CO)CC3)nc2)OC1(C)C. The second kappa shape index (κ2) is 8.55. The van der Waals surface area contributed by atoms with Gasteiger partial charge in [-0.3, -0.25) is 4.79 Å². The first-order valence-electron chi connectivity index (χ1n) is 10.1. The van der Waals surface area contributed by atoms with Gasteiger partial charge in [0.25, 0.3) is 5.91 Å². The fourth-order valence-corrected chi connectivity index (χ4v) is 3.38. The van der Waals surface area contributed by atoms with Gasteiger partial charge in [0.2, 0.25) is 5.95 Å². The Hall–Kier alpha value is -1.75. The van der Waals surface area contributed by atoms with Crippen LogP contribution in [-0.2, 0) is 14.1 Å². The van der Waals surface area contributed by atoms with E-state index in [2.05, 4.69) is 20.2 Å². The highest BCUT2D eigenvalue weighted by Crippen LogP contribution is 2.36. The van der Waals surface area contributed by atoms with Crippen LogP contribution in [-0.4, -0.2) is 76.8 Å². The van der Waals surface area contributed by atoms with E-state index in [1.165, 1.54) is 0 Å².